The fourth-order valence-electron chi connectivity index (χ4n) is 2.49. The minimum absolute atomic E-state index is 0.152. The summed E-state index contributed by atoms with van der Waals surface area (Å²) in [5.74, 6) is -0.323. The normalized spacial score (nSPS) is 12.4. The summed E-state index contributed by atoms with van der Waals surface area (Å²) < 4.78 is 31.0. The molecule has 0 aliphatic carbocycles. The van der Waals surface area contributed by atoms with E-state index in [0.29, 0.717) is 20.8 Å². The van der Waals surface area contributed by atoms with Crippen molar-refractivity contribution in [3.05, 3.63) is 51.5 Å². The Morgan fingerprint density at radius 3 is 2.19 bits per heavy atom. The molecule has 0 saturated carbocycles. The van der Waals surface area contributed by atoms with E-state index in [2.05, 4.69) is 5.32 Å². The third-order valence-electron chi connectivity index (χ3n) is 3.60. The van der Waals surface area contributed by atoms with Gasteiger partial charge in [-0.25, -0.2) is 8.42 Å². The summed E-state index contributed by atoms with van der Waals surface area (Å²) in [5, 5.41) is 3.58. The lowest BCUT2D eigenvalue weighted by atomic mass is 10.2. The van der Waals surface area contributed by atoms with E-state index in [4.69, 9.17) is 39.5 Å². The van der Waals surface area contributed by atoms with Gasteiger partial charge in [-0.1, -0.05) is 34.8 Å². The molecule has 2 aromatic carbocycles. The largest absolute Gasteiger partial charge is 0.495 e. The fraction of sp³-hybridized carbons (Fsp3) is 0.235. The Morgan fingerprint density at radius 2 is 1.67 bits per heavy atom. The van der Waals surface area contributed by atoms with Crippen LogP contribution in [0.4, 0.5) is 11.4 Å². The number of halogens is 3. The van der Waals surface area contributed by atoms with Crippen LogP contribution in [0.5, 0.6) is 5.75 Å². The molecule has 0 aliphatic heterocycles. The molecule has 1 amide bonds. The summed E-state index contributed by atoms with van der Waals surface area (Å²) in [4.78, 5) is 12.7. The molecule has 10 heteroatoms. The molecule has 27 heavy (non-hydrogen) atoms. The van der Waals surface area contributed by atoms with Crippen LogP contribution in [0.25, 0.3) is 0 Å². The molecule has 0 heterocycles. The highest BCUT2D eigenvalue weighted by molar-refractivity contribution is 7.92. The van der Waals surface area contributed by atoms with E-state index in [0.717, 1.165) is 10.6 Å². The Bertz CT molecular complexity index is 946. The molecular weight excluding hydrogens is 435 g/mol. The van der Waals surface area contributed by atoms with E-state index in [1.165, 1.54) is 44.4 Å². The van der Waals surface area contributed by atoms with Crippen molar-refractivity contribution in [3.8, 4) is 5.75 Å². The van der Waals surface area contributed by atoms with Crippen molar-refractivity contribution in [2.24, 2.45) is 0 Å². The van der Waals surface area contributed by atoms with Gasteiger partial charge in [0.1, 0.15) is 11.8 Å². The molecule has 0 bridgehead atoms. The molecule has 0 aromatic heterocycles. The Labute approximate surface area is 173 Å². The second kappa shape index (κ2) is 8.56. The third kappa shape index (κ3) is 5.42. The number of ether oxygens (including phenoxy) is 1. The molecule has 0 saturated heterocycles. The number of rotatable bonds is 6. The summed E-state index contributed by atoms with van der Waals surface area (Å²) in [7, 11) is -2.44. The molecule has 0 spiro atoms. The van der Waals surface area contributed by atoms with E-state index < -0.39 is 22.0 Å². The summed E-state index contributed by atoms with van der Waals surface area (Å²) in [6, 6.07) is 7.92. The van der Waals surface area contributed by atoms with Gasteiger partial charge in [-0.15, -0.1) is 0 Å². The quantitative estimate of drug-likeness (QED) is 0.704. The first-order chi connectivity index (χ1) is 12.5. The number of anilines is 2. The van der Waals surface area contributed by atoms with Crippen LogP contribution in [0.15, 0.2) is 36.4 Å². The molecule has 0 radical (unpaired) electrons. The maximum atomic E-state index is 12.7. The van der Waals surface area contributed by atoms with E-state index in [9.17, 15) is 13.2 Å². The molecular formula is C17H17Cl3N2O4S. The van der Waals surface area contributed by atoms with Crippen LogP contribution in [0, 0.1) is 0 Å². The number of sulfonamides is 1. The molecule has 0 aliphatic rings. The summed E-state index contributed by atoms with van der Waals surface area (Å²) in [6.45, 7) is 1.45. The zero-order chi connectivity index (χ0) is 20.4. The monoisotopic (exact) mass is 450 g/mol. The van der Waals surface area contributed by atoms with Gasteiger partial charge in [0.2, 0.25) is 15.9 Å². The zero-order valence-electron chi connectivity index (χ0n) is 14.7. The van der Waals surface area contributed by atoms with Gasteiger partial charge >= 0.3 is 0 Å². The van der Waals surface area contributed by atoms with Gasteiger partial charge in [-0.3, -0.25) is 9.10 Å². The lowest BCUT2D eigenvalue weighted by Gasteiger charge is -2.29. The first-order valence-electron chi connectivity index (χ1n) is 7.63. The first-order valence-corrected chi connectivity index (χ1v) is 10.6. The maximum Gasteiger partial charge on any atom is 0.247 e. The number of methoxy groups -OCH3 is 1. The van der Waals surface area contributed by atoms with Gasteiger partial charge in [-0.05, 0) is 43.3 Å². The molecule has 2 aromatic rings. The van der Waals surface area contributed by atoms with Crippen molar-refractivity contribution in [1.29, 1.82) is 0 Å². The van der Waals surface area contributed by atoms with Crippen molar-refractivity contribution in [2.75, 3.05) is 23.0 Å². The van der Waals surface area contributed by atoms with Crippen LogP contribution in [-0.2, 0) is 14.8 Å². The van der Waals surface area contributed by atoms with Crippen LogP contribution >= 0.6 is 34.8 Å². The number of hydrogen-bond donors (Lipinski definition) is 1. The number of nitrogens with one attached hydrogen (secondary N) is 1. The van der Waals surface area contributed by atoms with Gasteiger partial charge < -0.3 is 10.1 Å². The molecule has 1 atom stereocenters. The second-order valence-electron chi connectivity index (χ2n) is 5.70. The van der Waals surface area contributed by atoms with Gasteiger partial charge in [0, 0.05) is 20.8 Å². The molecule has 1 N–H and O–H groups in total. The third-order valence-corrected chi connectivity index (χ3v) is 5.50. The van der Waals surface area contributed by atoms with Gasteiger partial charge in [0.05, 0.1) is 19.1 Å². The van der Waals surface area contributed by atoms with Crippen molar-refractivity contribution < 1.29 is 17.9 Å². The van der Waals surface area contributed by atoms with Crippen molar-refractivity contribution in [2.45, 2.75) is 13.0 Å². The summed E-state index contributed by atoms with van der Waals surface area (Å²) >= 11 is 17.9. The number of carbonyl (C=O) groups is 1. The van der Waals surface area contributed by atoms with Gasteiger partial charge in [0.25, 0.3) is 0 Å². The second-order valence-corrected chi connectivity index (χ2v) is 8.87. The Balaban J connectivity index is 2.42. The lowest BCUT2D eigenvalue weighted by Crippen LogP contribution is -2.45. The summed E-state index contributed by atoms with van der Waals surface area (Å²) in [5.41, 5.74) is 0.495. The Kier molecular flexibility index (Phi) is 6.86. The van der Waals surface area contributed by atoms with Crippen LogP contribution in [0.1, 0.15) is 6.92 Å². The smallest absolute Gasteiger partial charge is 0.247 e. The fourth-order valence-corrected chi connectivity index (χ4v) is 4.35. The summed E-state index contributed by atoms with van der Waals surface area (Å²) in [6.07, 6.45) is 0.993. The Hall–Kier alpha value is -1.67. The lowest BCUT2D eigenvalue weighted by molar-refractivity contribution is -0.116. The molecule has 6 nitrogen and oxygen atoms in total. The van der Waals surface area contributed by atoms with Crippen molar-refractivity contribution in [1.82, 2.24) is 0 Å². The van der Waals surface area contributed by atoms with Crippen LogP contribution in [-0.4, -0.2) is 33.7 Å². The van der Waals surface area contributed by atoms with Crippen molar-refractivity contribution in [3.63, 3.8) is 0 Å². The predicted molar refractivity (Wildman–Crippen MR) is 110 cm³/mol. The van der Waals surface area contributed by atoms with Crippen LogP contribution in [0.2, 0.25) is 15.1 Å². The van der Waals surface area contributed by atoms with E-state index in [1.54, 1.807) is 6.07 Å². The number of amides is 1. The van der Waals surface area contributed by atoms with Crippen LogP contribution in [0.3, 0.4) is 0 Å². The van der Waals surface area contributed by atoms with E-state index >= 15 is 0 Å². The first kappa shape index (κ1) is 21.6. The highest BCUT2D eigenvalue weighted by Crippen LogP contribution is 2.34. The van der Waals surface area contributed by atoms with Crippen LogP contribution < -0.4 is 14.4 Å². The van der Waals surface area contributed by atoms with E-state index in [1.807, 2.05) is 0 Å². The average Bonchev–Trinajstić information content (AvgIpc) is 2.52. The minimum Gasteiger partial charge on any atom is -0.495 e. The zero-order valence-corrected chi connectivity index (χ0v) is 17.7. The Morgan fingerprint density at radius 1 is 1.07 bits per heavy atom. The topological polar surface area (TPSA) is 75.7 Å². The number of benzene rings is 2. The number of hydrogen-bond acceptors (Lipinski definition) is 4. The van der Waals surface area contributed by atoms with Gasteiger partial charge in [-0.2, -0.15) is 0 Å². The minimum atomic E-state index is -3.84. The molecule has 2 rings (SSSR count). The standard InChI is InChI=1S/C17H17Cl3N2O4S/c1-10(17(23)21-14-7-12(19)6-13(20)8-14)22(27(3,24)25)15-9-11(18)4-5-16(15)26-2/h4-10H,1-3H3,(H,21,23)/t10-/m1/s1. The maximum absolute atomic E-state index is 12.7. The molecule has 0 unspecified atom stereocenters. The highest BCUT2D eigenvalue weighted by atomic mass is 35.5. The van der Waals surface area contributed by atoms with E-state index in [-0.39, 0.29) is 11.4 Å². The SMILES string of the molecule is COc1ccc(Cl)cc1N([C@H](C)C(=O)Nc1cc(Cl)cc(Cl)c1)S(C)(=O)=O. The van der Waals surface area contributed by atoms with Gasteiger partial charge in [0.15, 0.2) is 0 Å². The highest BCUT2D eigenvalue weighted by Gasteiger charge is 2.31. The van der Waals surface area contributed by atoms with Crippen molar-refractivity contribution >= 4 is 62.1 Å². The predicted octanol–water partition coefficient (Wildman–Crippen LogP) is 4.45. The molecule has 0 fully saturated rings. The molecule has 146 valence electrons. The number of nitrogens with zero attached hydrogens (tertiary/aromatic N) is 1. The number of carbonyl (C=O) groups excluding carboxylic acids is 1. The average molecular weight is 452 g/mol.